The number of aromatic nitrogens is 1. The Morgan fingerprint density at radius 2 is 1.75 bits per heavy atom. The first-order valence-electron chi connectivity index (χ1n) is 12.1. The van der Waals surface area contributed by atoms with E-state index in [1.165, 1.54) is 11.3 Å². The average molecular weight is 532 g/mol. The number of amides is 2. The molecule has 1 unspecified atom stereocenters. The summed E-state index contributed by atoms with van der Waals surface area (Å²) in [6.45, 7) is 16.1. The predicted molar refractivity (Wildman–Crippen MR) is 143 cm³/mol. The average Bonchev–Trinajstić information content (AvgIpc) is 3.19. The van der Waals surface area contributed by atoms with Crippen LogP contribution in [0.15, 0.2) is 36.5 Å². The third-order valence-electron chi connectivity index (χ3n) is 6.70. The van der Waals surface area contributed by atoms with Crippen LogP contribution in [0.4, 0.5) is 9.93 Å². The first-order valence-corrected chi connectivity index (χ1v) is 15.8. The van der Waals surface area contributed by atoms with Gasteiger partial charge in [0, 0.05) is 11.1 Å². The molecular formula is C26H37N3O5SSi. The Kier molecular flexibility index (Phi) is 8.00. The number of anilines is 1. The smallest absolute Gasteiger partial charge is 0.413 e. The second-order valence-corrected chi connectivity index (χ2v) is 17.8. The highest BCUT2D eigenvalue weighted by atomic mass is 32.1. The molecule has 0 bridgehead atoms. The molecule has 196 valence electrons. The number of β-lactam (4-membered cyclic amide) rings is 1. The molecule has 0 saturated carbocycles. The van der Waals surface area contributed by atoms with Crippen molar-refractivity contribution < 1.29 is 23.9 Å². The summed E-state index contributed by atoms with van der Waals surface area (Å²) in [4.78, 5) is 43.9. The molecule has 1 aromatic heterocycles. The van der Waals surface area contributed by atoms with Crippen molar-refractivity contribution in [1.29, 1.82) is 0 Å². The molecule has 8 nitrogen and oxygen atoms in total. The van der Waals surface area contributed by atoms with Gasteiger partial charge < -0.3 is 14.0 Å². The maximum Gasteiger partial charge on any atom is 0.413 e. The number of ether oxygens (including phenoxy) is 2. The number of rotatable bonds is 7. The van der Waals surface area contributed by atoms with Crippen molar-refractivity contribution in [3.63, 3.8) is 0 Å². The monoisotopic (exact) mass is 531 g/mol. The van der Waals surface area contributed by atoms with E-state index in [1.807, 2.05) is 34.9 Å². The van der Waals surface area contributed by atoms with Gasteiger partial charge in [-0.2, -0.15) is 0 Å². The summed E-state index contributed by atoms with van der Waals surface area (Å²) in [6, 6.07) is 8.86. The maximum absolute atomic E-state index is 13.4. The molecule has 1 aromatic carbocycles. The van der Waals surface area contributed by atoms with Crippen LogP contribution >= 0.6 is 11.3 Å². The molecule has 1 aliphatic heterocycles. The molecule has 1 fully saturated rings. The number of hydrogen-bond acceptors (Lipinski definition) is 7. The molecule has 0 spiro atoms. The lowest BCUT2D eigenvalue weighted by molar-refractivity contribution is -0.168. The molecule has 1 N–H and O–H groups in total. The zero-order chi connectivity index (χ0) is 26.9. The molecular weight excluding hydrogens is 494 g/mol. The van der Waals surface area contributed by atoms with Crippen LogP contribution in [-0.2, 0) is 32.1 Å². The summed E-state index contributed by atoms with van der Waals surface area (Å²) in [6.07, 6.45) is 1.39. The number of nitrogens with one attached hydrogen (secondary N) is 1. The highest BCUT2D eigenvalue weighted by Gasteiger charge is 2.60. The van der Waals surface area contributed by atoms with Crippen LogP contribution in [0.25, 0.3) is 0 Å². The van der Waals surface area contributed by atoms with Crippen LogP contribution in [0.1, 0.15) is 52.0 Å². The highest BCUT2D eigenvalue weighted by Crippen LogP contribution is 2.46. The number of carbonyl (C=O) groups excluding carboxylic acids is 3. The molecule has 2 aromatic rings. The third-order valence-corrected chi connectivity index (χ3v) is 13.0. The van der Waals surface area contributed by atoms with Gasteiger partial charge in [-0.05, 0) is 37.8 Å². The fourth-order valence-electron chi connectivity index (χ4n) is 3.88. The Morgan fingerprint density at radius 1 is 1.11 bits per heavy atom. The largest absolute Gasteiger partial charge is 0.459 e. The second-order valence-electron chi connectivity index (χ2n) is 11.6. The fourth-order valence-corrected chi connectivity index (χ4v) is 7.16. The van der Waals surface area contributed by atoms with Gasteiger partial charge >= 0.3 is 12.1 Å². The minimum atomic E-state index is -2.32. The van der Waals surface area contributed by atoms with E-state index in [0.29, 0.717) is 11.6 Å². The quantitative estimate of drug-likeness (QED) is 0.283. The Balaban J connectivity index is 1.76. The molecule has 2 amide bonds. The van der Waals surface area contributed by atoms with E-state index in [-0.39, 0.29) is 23.5 Å². The first-order chi connectivity index (χ1) is 16.6. The van der Waals surface area contributed by atoms with Crippen LogP contribution in [0.2, 0.25) is 18.1 Å². The van der Waals surface area contributed by atoms with E-state index in [4.69, 9.17) is 9.47 Å². The predicted octanol–water partition coefficient (Wildman–Crippen LogP) is 5.61. The van der Waals surface area contributed by atoms with Gasteiger partial charge in [0.1, 0.15) is 18.2 Å². The van der Waals surface area contributed by atoms with Crippen molar-refractivity contribution in [3.8, 4) is 0 Å². The van der Waals surface area contributed by atoms with Crippen molar-refractivity contribution in [2.24, 2.45) is 5.92 Å². The molecule has 2 heterocycles. The van der Waals surface area contributed by atoms with E-state index in [0.717, 1.165) is 10.4 Å². The lowest BCUT2D eigenvalue weighted by atomic mass is 9.87. The van der Waals surface area contributed by atoms with Crippen LogP contribution in [0.5, 0.6) is 0 Å². The summed E-state index contributed by atoms with van der Waals surface area (Å²) in [5.74, 6) is -0.944. The molecule has 0 aliphatic carbocycles. The molecule has 2 atom stereocenters. The molecule has 0 radical (unpaired) electrons. The zero-order valence-electron chi connectivity index (χ0n) is 22.4. The van der Waals surface area contributed by atoms with E-state index in [2.05, 4.69) is 44.2 Å². The standard InChI is InChI=1S/C26H37N3O5SSi/c1-25(2,3)34-24(32)28-23-27-15-18(35-23)14-19-20(22(31)33-16-17-12-10-9-11-13-17)29(21(19)30)36(7,8)26(4,5)6/h9-13,15,19-20H,14,16H2,1-8H3,(H,27,28,32)/t19?,20-/m0/s1. The van der Waals surface area contributed by atoms with Gasteiger partial charge in [0.05, 0.1) is 5.92 Å². The van der Waals surface area contributed by atoms with E-state index >= 15 is 0 Å². The third kappa shape index (κ3) is 6.33. The number of esters is 1. The Labute approximate surface area is 218 Å². The van der Waals surface area contributed by atoms with Crippen molar-refractivity contribution in [3.05, 3.63) is 47.0 Å². The van der Waals surface area contributed by atoms with Crippen LogP contribution in [0.3, 0.4) is 0 Å². The van der Waals surface area contributed by atoms with Gasteiger partial charge in [-0.25, -0.2) is 14.6 Å². The Bertz CT molecular complexity index is 1100. The molecule has 1 saturated heterocycles. The van der Waals surface area contributed by atoms with Crippen molar-refractivity contribution in [2.75, 3.05) is 5.32 Å². The molecule has 10 heteroatoms. The molecule has 36 heavy (non-hydrogen) atoms. The SMILES string of the molecule is CC(C)(C)OC(=O)Nc1ncc(CC2C(=O)N([Si](C)(C)C(C)(C)C)[C@@H]2C(=O)OCc2ccccc2)s1. The first kappa shape index (κ1) is 27.9. The van der Waals surface area contributed by atoms with Crippen molar-refractivity contribution in [1.82, 2.24) is 9.55 Å². The number of nitrogens with zero attached hydrogens (tertiary/aromatic N) is 2. The lowest BCUT2D eigenvalue weighted by Gasteiger charge is -2.57. The van der Waals surface area contributed by atoms with Gasteiger partial charge in [-0.3, -0.25) is 10.1 Å². The second kappa shape index (κ2) is 10.3. The summed E-state index contributed by atoms with van der Waals surface area (Å²) in [5, 5.41) is 2.89. The minimum absolute atomic E-state index is 0.0293. The number of thiazole rings is 1. The van der Waals surface area contributed by atoms with E-state index < -0.39 is 31.9 Å². The van der Waals surface area contributed by atoms with E-state index in [1.54, 1.807) is 27.0 Å². The number of carbonyl (C=O) groups is 3. The lowest BCUT2D eigenvalue weighted by Crippen LogP contribution is -2.75. The molecule has 3 rings (SSSR count). The highest BCUT2D eigenvalue weighted by molar-refractivity contribution is 7.15. The topological polar surface area (TPSA) is 97.8 Å². The zero-order valence-corrected chi connectivity index (χ0v) is 24.2. The van der Waals surface area contributed by atoms with Crippen LogP contribution < -0.4 is 5.32 Å². The van der Waals surface area contributed by atoms with Gasteiger partial charge in [0.2, 0.25) is 5.91 Å². The molecule has 1 aliphatic rings. The number of hydrogen-bond donors (Lipinski definition) is 1. The number of benzene rings is 1. The van der Waals surface area contributed by atoms with Gasteiger partial charge in [0.25, 0.3) is 0 Å². The van der Waals surface area contributed by atoms with Gasteiger partial charge in [0.15, 0.2) is 13.4 Å². The summed E-state index contributed by atoms with van der Waals surface area (Å²) in [7, 11) is -2.32. The fraction of sp³-hybridized carbons (Fsp3) is 0.538. The van der Waals surface area contributed by atoms with Gasteiger partial charge in [-0.15, -0.1) is 11.3 Å². The van der Waals surface area contributed by atoms with E-state index in [9.17, 15) is 14.4 Å². The Morgan fingerprint density at radius 3 is 2.33 bits per heavy atom. The van der Waals surface area contributed by atoms with Gasteiger partial charge in [-0.1, -0.05) is 64.2 Å². The summed E-state index contributed by atoms with van der Waals surface area (Å²) >= 11 is 1.27. The minimum Gasteiger partial charge on any atom is -0.459 e. The Hall–Kier alpha value is -2.72. The maximum atomic E-state index is 13.4. The van der Waals surface area contributed by atoms with Crippen molar-refractivity contribution in [2.45, 2.75) is 84.3 Å². The summed E-state index contributed by atoms with van der Waals surface area (Å²) < 4.78 is 12.8. The van der Waals surface area contributed by atoms with Crippen LogP contribution in [-0.4, -0.2) is 47.4 Å². The summed E-state index contributed by atoms with van der Waals surface area (Å²) in [5.41, 5.74) is 0.274. The normalized spacial score (nSPS) is 18.4. The van der Waals surface area contributed by atoms with Crippen LogP contribution in [0, 0.1) is 5.92 Å². The van der Waals surface area contributed by atoms with Crippen molar-refractivity contribution >= 4 is 42.7 Å².